The third kappa shape index (κ3) is 1.99. The Kier molecular flexibility index (Phi) is 3.41. The first-order chi connectivity index (χ1) is 7.02. The largest absolute Gasteiger partial charge is 0.495 e. The molecular formula is C9H10BrNO4. The van der Waals surface area contributed by atoms with Gasteiger partial charge in [0.05, 0.1) is 24.4 Å². The number of rotatable bonds is 3. The van der Waals surface area contributed by atoms with Crippen LogP contribution in [-0.2, 0) is 0 Å². The highest BCUT2D eigenvalue weighted by molar-refractivity contribution is 9.10. The SMILES string of the molecule is COc1cc(OC)c(Br)c(C(=O)O)c1N. The molecule has 3 N–H and O–H groups in total. The van der Waals surface area contributed by atoms with Crippen LogP contribution in [0.2, 0.25) is 0 Å². The first kappa shape index (κ1) is 11.6. The van der Waals surface area contributed by atoms with Gasteiger partial charge in [-0.1, -0.05) is 0 Å². The normalized spacial score (nSPS) is 9.80. The van der Waals surface area contributed by atoms with Crippen molar-refractivity contribution in [1.29, 1.82) is 0 Å². The summed E-state index contributed by atoms with van der Waals surface area (Å²) in [7, 11) is 2.84. The Balaban J connectivity index is 3.53. The van der Waals surface area contributed by atoms with Gasteiger partial charge in [-0.2, -0.15) is 0 Å². The minimum Gasteiger partial charge on any atom is -0.495 e. The summed E-state index contributed by atoms with van der Waals surface area (Å²) in [6, 6.07) is 1.52. The van der Waals surface area contributed by atoms with Gasteiger partial charge in [-0.3, -0.25) is 0 Å². The van der Waals surface area contributed by atoms with Crippen LogP contribution in [0.4, 0.5) is 5.69 Å². The van der Waals surface area contributed by atoms with E-state index in [1.54, 1.807) is 0 Å². The minimum atomic E-state index is -1.14. The number of carbonyl (C=O) groups is 1. The van der Waals surface area contributed by atoms with Crippen LogP contribution in [0, 0.1) is 0 Å². The molecule has 0 saturated carbocycles. The smallest absolute Gasteiger partial charge is 0.339 e. The number of nitrogens with two attached hydrogens (primary N) is 1. The van der Waals surface area contributed by atoms with Crippen molar-refractivity contribution in [3.8, 4) is 11.5 Å². The average Bonchev–Trinajstić information content (AvgIpc) is 2.18. The van der Waals surface area contributed by atoms with Gasteiger partial charge < -0.3 is 20.3 Å². The quantitative estimate of drug-likeness (QED) is 0.822. The van der Waals surface area contributed by atoms with Gasteiger partial charge in [-0.25, -0.2) is 4.79 Å². The zero-order valence-corrected chi connectivity index (χ0v) is 9.79. The van der Waals surface area contributed by atoms with Gasteiger partial charge in [0.25, 0.3) is 0 Å². The number of hydrogen-bond donors (Lipinski definition) is 2. The highest BCUT2D eigenvalue weighted by Gasteiger charge is 2.20. The van der Waals surface area contributed by atoms with Gasteiger partial charge in [0.15, 0.2) is 0 Å². The van der Waals surface area contributed by atoms with Crippen molar-refractivity contribution in [3.63, 3.8) is 0 Å². The third-order valence-electron chi connectivity index (χ3n) is 1.89. The molecule has 15 heavy (non-hydrogen) atoms. The highest BCUT2D eigenvalue weighted by atomic mass is 79.9. The molecule has 0 radical (unpaired) electrons. The molecule has 0 fully saturated rings. The third-order valence-corrected chi connectivity index (χ3v) is 2.67. The van der Waals surface area contributed by atoms with E-state index in [-0.39, 0.29) is 17.0 Å². The molecule has 0 bridgehead atoms. The summed E-state index contributed by atoms with van der Waals surface area (Å²) in [6.07, 6.45) is 0. The second-order valence-corrected chi connectivity index (χ2v) is 3.48. The second-order valence-electron chi connectivity index (χ2n) is 2.69. The molecule has 1 rings (SSSR count). The van der Waals surface area contributed by atoms with E-state index in [1.807, 2.05) is 0 Å². The zero-order valence-electron chi connectivity index (χ0n) is 8.20. The molecule has 0 heterocycles. The first-order valence-corrected chi connectivity index (χ1v) is 4.75. The van der Waals surface area contributed by atoms with E-state index >= 15 is 0 Å². The predicted octanol–water partition coefficient (Wildman–Crippen LogP) is 1.75. The van der Waals surface area contributed by atoms with Crippen molar-refractivity contribution in [2.75, 3.05) is 20.0 Å². The standard InChI is InChI=1S/C9H10BrNO4/c1-14-4-3-5(15-2)8(11)6(7(4)10)9(12)13/h3H,11H2,1-2H3,(H,12,13). The van der Waals surface area contributed by atoms with Crippen molar-refractivity contribution < 1.29 is 19.4 Å². The van der Waals surface area contributed by atoms with Crippen LogP contribution in [0.1, 0.15) is 10.4 Å². The number of hydrogen-bond acceptors (Lipinski definition) is 4. The average molecular weight is 276 g/mol. The van der Waals surface area contributed by atoms with Crippen LogP contribution >= 0.6 is 15.9 Å². The summed E-state index contributed by atoms with van der Waals surface area (Å²) >= 11 is 3.11. The van der Waals surface area contributed by atoms with Crippen LogP contribution in [0.15, 0.2) is 10.5 Å². The summed E-state index contributed by atoms with van der Waals surface area (Å²) in [4.78, 5) is 11.0. The van der Waals surface area contributed by atoms with Crippen LogP contribution in [0.25, 0.3) is 0 Å². The Hall–Kier alpha value is -1.43. The van der Waals surface area contributed by atoms with Crippen LogP contribution < -0.4 is 15.2 Å². The summed E-state index contributed by atoms with van der Waals surface area (Å²) < 4.78 is 10.2. The maximum atomic E-state index is 11.0. The van der Waals surface area contributed by atoms with E-state index in [0.717, 1.165) is 0 Å². The van der Waals surface area contributed by atoms with E-state index < -0.39 is 5.97 Å². The van der Waals surface area contributed by atoms with Gasteiger partial charge in [0.2, 0.25) is 0 Å². The monoisotopic (exact) mass is 275 g/mol. The van der Waals surface area contributed by atoms with Gasteiger partial charge in [0.1, 0.15) is 17.1 Å². The predicted molar refractivity (Wildman–Crippen MR) is 58.6 cm³/mol. The van der Waals surface area contributed by atoms with Crippen molar-refractivity contribution in [1.82, 2.24) is 0 Å². The molecule has 0 aliphatic rings. The summed E-state index contributed by atoms with van der Waals surface area (Å²) in [5.41, 5.74) is 5.63. The van der Waals surface area contributed by atoms with E-state index in [1.165, 1.54) is 20.3 Å². The van der Waals surface area contributed by atoms with Gasteiger partial charge in [-0.15, -0.1) is 0 Å². The molecule has 0 aliphatic heterocycles. The van der Waals surface area contributed by atoms with Gasteiger partial charge >= 0.3 is 5.97 Å². The molecule has 0 saturated heterocycles. The Morgan fingerprint density at radius 3 is 2.33 bits per heavy atom. The van der Waals surface area contributed by atoms with Crippen LogP contribution in [0.3, 0.4) is 0 Å². The number of ether oxygens (including phenoxy) is 2. The molecule has 0 aliphatic carbocycles. The Morgan fingerprint density at radius 1 is 1.40 bits per heavy atom. The van der Waals surface area contributed by atoms with Crippen molar-refractivity contribution in [2.24, 2.45) is 0 Å². The van der Waals surface area contributed by atoms with E-state index in [2.05, 4.69) is 15.9 Å². The molecule has 1 aromatic rings. The summed E-state index contributed by atoms with van der Waals surface area (Å²) in [6.45, 7) is 0. The number of carboxylic acids is 1. The second kappa shape index (κ2) is 4.39. The van der Waals surface area contributed by atoms with Crippen LogP contribution in [0.5, 0.6) is 11.5 Å². The fourth-order valence-electron chi connectivity index (χ4n) is 1.15. The summed E-state index contributed by atoms with van der Waals surface area (Å²) in [5, 5.41) is 8.97. The molecular weight excluding hydrogens is 266 g/mol. The lowest BCUT2D eigenvalue weighted by molar-refractivity contribution is 0.0696. The molecule has 0 aromatic heterocycles. The fraction of sp³-hybridized carbons (Fsp3) is 0.222. The highest BCUT2D eigenvalue weighted by Crippen LogP contribution is 2.39. The van der Waals surface area contributed by atoms with E-state index in [0.29, 0.717) is 10.2 Å². The molecule has 0 spiro atoms. The molecule has 0 amide bonds. The van der Waals surface area contributed by atoms with Gasteiger partial charge in [0, 0.05) is 6.07 Å². The molecule has 1 aromatic carbocycles. The van der Waals surface area contributed by atoms with E-state index in [9.17, 15) is 4.79 Å². The molecule has 6 heteroatoms. The fourth-order valence-corrected chi connectivity index (χ4v) is 1.81. The number of benzene rings is 1. The molecule has 5 nitrogen and oxygen atoms in total. The number of carboxylic acid groups (broad SMARTS) is 1. The minimum absolute atomic E-state index is 0.0637. The number of halogens is 1. The lowest BCUT2D eigenvalue weighted by Crippen LogP contribution is -2.06. The van der Waals surface area contributed by atoms with E-state index in [4.69, 9.17) is 20.3 Å². The molecule has 0 unspecified atom stereocenters. The Morgan fingerprint density at radius 2 is 1.93 bits per heavy atom. The number of aromatic carboxylic acids is 1. The lowest BCUT2D eigenvalue weighted by atomic mass is 10.1. The van der Waals surface area contributed by atoms with Crippen molar-refractivity contribution in [2.45, 2.75) is 0 Å². The number of methoxy groups -OCH3 is 2. The molecule has 0 atom stereocenters. The first-order valence-electron chi connectivity index (χ1n) is 3.96. The lowest BCUT2D eigenvalue weighted by Gasteiger charge is -2.12. The van der Waals surface area contributed by atoms with Crippen molar-refractivity contribution >= 4 is 27.6 Å². The molecule has 82 valence electrons. The Bertz CT molecular complexity index is 377. The number of anilines is 1. The summed E-state index contributed by atoms with van der Waals surface area (Å²) in [5.74, 6) is -0.512. The van der Waals surface area contributed by atoms with Crippen molar-refractivity contribution in [3.05, 3.63) is 16.1 Å². The zero-order chi connectivity index (χ0) is 11.6. The number of nitrogen functional groups attached to an aromatic ring is 1. The Labute approximate surface area is 94.9 Å². The van der Waals surface area contributed by atoms with Gasteiger partial charge in [-0.05, 0) is 15.9 Å². The maximum Gasteiger partial charge on any atom is 0.339 e. The van der Waals surface area contributed by atoms with Crippen LogP contribution in [-0.4, -0.2) is 25.3 Å². The topological polar surface area (TPSA) is 81.8 Å². The maximum absolute atomic E-state index is 11.0.